The largest absolute Gasteiger partial charge is 0.367 e. The first kappa shape index (κ1) is 13.9. The molecule has 102 valence electrons. The number of rotatable bonds is 2. The van der Waals surface area contributed by atoms with Crippen molar-refractivity contribution in [1.82, 2.24) is 9.78 Å². The van der Waals surface area contributed by atoms with E-state index in [0.29, 0.717) is 12.1 Å². The van der Waals surface area contributed by atoms with Gasteiger partial charge in [-0.15, -0.1) is 0 Å². The third-order valence-electron chi connectivity index (χ3n) is 3.77. The van der Waals surface area contributed by atoms with Crippen molar-refractivity contribution < 1.29 is 0 Å². The molecule has 0 saturated carbocycles. The Morgan fingerprint density at radius 1 is 1.33 bits per heavy atom. The van der Waals surface area contributed by atoms with Gasteiger partial charge in [-0.05, 0) is 35.2 Å². The predicted molar refractivity (Wildman–Crippen MR) is 80.3 cm³/mol. The summed E-state index contributed by atoms with van der Waals surface area (Å²) in [4.78, 5) is 0. The van der Waals surface area contributed by atoms with E-state index in [1.54, 1.807) is 0 Å². The summed E-state index contributed by atoms with van der Waals surface area (Å²) >= 11 is 3.74. The minimum absolute atomic E-state index is 0.0743. The molecular formula is C14H24BrN3. The van der Waals surface area contributed by atoms with Crippen LogP contribution in [0.2, 0.25) is 0 Å². The van der Waals surface area contributed by atoms with Gasteiger partial charge in [-0.3, -0.25) is 0 Å². The molecule has 0 bridgehead atoms. The highest BCUT2D eigenvalue weighted by molar-refractivity contribution is 9.10. The fraction of sp³-hybridized carbons (Fsp3) is 0.786. The van der Waals surface area contributed by atoms with Crippen LogP contribution in [-0.2, 0) is 5.41 Å². The van der Waals surface area contributed by atoms with E-state index in [9.17, 15) is 0 Å². The summed E-state index contributed by atoms with van der Waals surface area (Å²) in [6.45, 7) is 11.1. The second-order valence-corrected chi connectivity index (χ2v) is 7.05. The molecule has 1 N–H and O–H groups in total. The van der Waals surface area contributed by atoms with E-state index in [-0.39, 0.29) is 5.41 Å². The second-order valence-electron chi connectivity index (χ2n) is 6.25. The zero-order valence-electron chi connectivity index (χ0n) is 12.0. The lowest BCUT2D eigenvalue weighted by molar-refractivity contribution is 0.357. The topological polar surface area (TPSA) is 29.9 Å². The van der Waals surface area contributed by atoms with Gasteiger partial charge in [0.15, 0.2) is 0 Å². The minimum Gasteiger partial charge on any atom is -0.367 e. The van der Waals surface area contributed by atoms with Crippen molar-refractivity contribution in [3.05, 3.63) is 10.2 Å². The Morgan fingerprint density at radius 3 is 2.50 bits per heavy atom. The van der Waals surface area contributed by atoms with Gasteiger partial charge in [-0.25, -0.2) is 4.68 Å². The van der Waals surface area contributed by atoms with Gasteiger partial charge in [0.25, 0.3) is 0 Å². The molecule has 2 heterocycles. The van der Waals surface area contributed by atoms with Crippen molar-refractivity contribution in [2.75, 3.05) is 5.32 Å². The molecule has 0 amide bonds. The Labute approximate surface area is 118 Å². The fourth-order valence-corrected chi connectivity index (χ4v) is 3.55. The van der Waals surface area contributed by atoms with Crippen LogP contribution in [0.25, 0.3) is 0 Å². The molecule has 1 aliphatic rings. The SMILES string of the molecule is CCC1CC(CC)n2nc(C(C)(C)C)c(Br)c2N1. The summed E-state index contributed by atoms with van der Waals surface area (Å²) in [6.07, 6.45) is 3.49. The Bertz CT molecular complexity index is 431. The molecule has 0 aromatic carbocycles. The van der Waals surface area contributed by atoms with Crippen LogP contribution in [0.15, 0.2) is 4.47 Å². The zero-order chi connectivity index (χ0) is 13.5. The Kier molecular flexibility index (Phi) is 3.77. The number of aromatic nitrogens is 2. The van der Waals surface area contributed by atoms with Gasteiger partial charge in [-0.2, -0.15) is 5.10 Å². The molecule has 2 unspecified atom stereocenters. The number of fused-ring (bicyclic) bond motifs is 1. The van der Waals surface area contributed by atoms with Crippen LogP contribution >= 0.6 is 15.9 Å². The van der Waals surface area contributed by atoms with Crippen LogP contribution in [0.5, 0.6) is 0 Å². The van der Waals surface area contributed by atoms with Gasteiger partial charge in [0.1, 0.15) is 5.82 Å². The first-order valence-corrected chi connectivity index (χ1v) is 7.72. The fourth-order valence-electron chi connectivity index (χ4n) is 2.58. The Balaban J connectivity index is 2.47. The molecule has 18 heavy (non-hydrogen) atoms. The summed E-state index contributed by atoms with van der Waals surface area (Å²) in [6, 6.07) is 1.10. The molecule has 0 aliphatic carbocycles. The van der Waals surface area contributed by atoms with Crippen molar-refractivity contribution in [2.45, 2.75) is 71.4 Å². The average molecular weight is 314 g/mol. The highest BCUT2D eigenvalue weighted by Gasteiger charge is 2.32. The standard InChI is InChI=1S/C14H24BrN3/c1-6-9-8-10(7-2)18-13(16-9)11(15)12(17-18)14(3,4)5/h9-10,16H,6-8H2,1-5H3. The molecule has 0 saturated heterocycles. The van der Waals surface area contributed by atoms with Crippen LogP contribution in [0.3, 0.4) is 0 Å². The minimum atomic E-state index is 0.0743. The van der Waals surface area contributed by atoms with Crippen LogP contribution in [0.4, 0.5) is 5.82 Å². The van der Waals surface area contributed by atoms with Gasteiger partial charge in [0, 0.05) is 11.5 Å². The lowest BCUT2D eigenvalue weighted by atomic mass is 9.92. The second kappa shape index (κ2) is 4.87. The van der Waals surface area contributed by atoms with Gasteiger partial charge >= 0.3 is 0 Å². The van der Waals surface area contributed by atoms with E-state index >= 15 is 0 Å². The molecule has 1 aliphatic heterocycles. The van der Waals surface area contributed by atoms with Crippen molar-refractivity contribution in [2.24, 2.45) is 0 Å². The molecule has 1 aromatic heterocycles. The third kappa shape index (κ3) is 2.31. The van der Waals surface area contributed by atoms with E-state index in [1.165, 1.54) is 18.7 Å². The molecule has 0 spiro atoms. The summed E-state index contributed by atoms with van der Waals surface area (Å²) < 4.78 is 3.34. The van der Waals surface area contributed by atoms with E-state index in [2.05, 4.69) is 60.5 Å². The predicted octanol–water partition coefficient (Wildman–Crippen LogP) is 4.49. The summed E-state index contributed by atoms with van der Waals surface area (Å²) in [7, 11) is 0. The Morgan fingerprint density at radius 2 is 2.00 bits per heavy atom. The molecular weight excluding hydrogens is 290 g/mol. The summed E-state index contributed by atoms with van der Waals surface area (Å²) in [5.41, 5.74) is 1.23. The smallest absolute Gasteiger partial charge is 0.139 e. The highest BCUT2D eigenvalue weighted by Crippen LogP contribution is 2.40. The van der Waals surface area contributed by atoms with E-state index in [0.717, 1.165) is 16.6 Å². The number of nitrogens with zero attached hydrogens (tertiary/aromatic N) is 2. The summed E-state index contributed by atoms with van der Waals surface area (Å²) in [5, 5.41) is 8.48. The zero-order valence-corrected chi connectivity index (χ0v) is 13.6. The number of hydrogen-bond donors (Lipinski definition) is 1. The molecule has 3 nitrogen and oxygen atoms in total. The number of anilines is 1. The van der Waals surface area contributed by atoms with E-state index in [1.807, 2.05) is 0 Å². The number of nitrogens with one attached hydrogen (secondary N) is 1. The lowest BCUT2D eigenvalue weighted by Gasteiger charge is -2.31. The van der Waals surface area contributed by atoms with Crippen molar-refractivity contribution in [3.63, 3.8) is 0 Å². The maximum absolute atomic E-state index is 4.85. The summed E-state index contributed by atoms with van der Waals surface area (Å²) in [5.74, 6) is 1.17. The molecule has 1 aromatic rings. The van der Waals surface area contributed by atoms with Gasteiger partial charge in [0.05, 0.1) is 16.2 Å². The van der Waals surface area contributed by atoms with Crippen LogP contribution < -0.4 is 5.32 Å². The van der Waals surface area contributed by atoms with Crippen molar-refractivity contribution in [1.29, 1.82) is 0 Å². The number of hydrogen-bond acceptors (Lipinski definition) is 2. The van der Waals surface area contributed by atoms with E-state index < -0.39 is 0 Å². The Hall–Kier alpha value is -0.510. The normalized spacial score (nSPS) is 23.7. The van der Waals surface area contributed by atoms with Crippen molar-refractivity contribution >= 4 is 21.7 Å². The molecule has 2 atom stereocenters. The van der Waals surface area contributed by atoms with E-state index in [4.69, 9.17) is 5.10 Å². The van der Waals surface area contributed by atoms with Gasteiger partial charge in [-0.1, -0.05) is 34.6 Å². The highest BCUT2D eigenvalue weighted by atomic mass is 79.9. The first-order chi connectivity index (χ1) is 8.38. The first-order valence-electron chi connectivity index (χ1n) is 6.93. The quantitative estimate of drug-likeness (QED) is 0.872. The maximum Gasteiger partial charge on any atom is 0.139 e. The van der Waals surface area contributed by atoms with Gasteiger partial charge < -0.3 is 5.32 Å². The van der Waals surface area contributed by atoms with Gasteiger partial charge in [0.2, 0.25) is 0 Å². The maximum atomic E-state index is 4.85. The van der Waals surface area contributed by atoms with Crippen LogP contribution in [-0.4, -0.2) is 15.8 Å². The van der Waals surface area contributed by atoms with Crippen LogP contribution in [0, 0.1) is 0 Å². The van der Waals surface area contributed by atoms with Crippen molar-refractivity contribution in [3.8, 4) is 0 Å². The monoisotopic (exact) mass is 313 g/mol. The molecule has 2 rings (SSSR count). The third-order valence-corrected chi connectivity index (χ3v) is 4.52. The molecule has 0 fully saturated rings. The van der Waals surface area contributed by atoms with Crippen LogP contribution in [0.1, 0.15) is 65.6 Å². The lowest BCUT2D eigenvalue weighted by Crippen LogP contribution is -2.31. The molecule has 4 heteroatoms. The molecule has 0 radical (unpaired) electrons. The average Bonchev–Trinajstić information content (AvgIpc) is 2.65. The number of halogens is 1.